The lowest BCUT2D eigenvalue weighted by molar-refractivity contribution is -0.122. The summed E-state index contributed by atoms with van der Waals surface area (Å²) in [7, 11) is 0. The Morgan fingerprint density at radius 2 is 1.78 bits per heavy atom. The molecule has 2 N–H and O–H groups in total. The van der Waals surface area contributed by atoms with Crippen LogP contribution in [0.15, 0.2) is 73.4 Å². The van der Waals surface area contributed by atoms with E-state index in [1.54, 1.807) is 41.4 Å². The molecule has 3 aromatic carbocycles. The van der Waals surface area contributed by atoms with Crippen molar-refractivity contribution in [1.82, 2.24) is 24.5 Å². The first-order valence-electron chi connectivity index (χ1n) is 16.1. The normalized spacial score (nSPS) is 15.9. The first-order valence-corrected chi connectivity index (χ1v) is 17.7. The lowest BCUT2D eigenvalue weighted by Gasteiger charge is -2.23. The number of ketones is 2. The van der Waals surface area contributed by atoms with Crippen molar-refractivity contribution in [1.29, 1.82) is 0 Å². The number of halogens is 2. The number of amides is 1. The van der Waals surface area contributed by atoms with Gasteiger partial charge < -0.3 is 15.0 Å². The fraction of sp³-hybridized carbons (Fsp3) is 0.184. The summed E-state index contributed by atoms with van der Waals surface area (Å²) in [5.41, 5.74) is 6.45. The molecule has 0 spiro atoms. The minimum Gasteiger partial charge on any atom is -0.396 e. The van der Waals surface area contributed by atoms with E-state index in [4.69, 9.17) is 23.2 Å². The Kier molecular flexibility index (Phi) is 9.63. The van der Waals surface area contributed by atoms with Crippen LogP contribution in [0.1, 0.15) is 40.6 Å². The van der Waals surface area contributed by atoms with Crippen LogP contribution in [0, 0.1) is 5.92 Å². The maximum Gasteiger partial charge on any atom is 0.246 e. The number of aliphatic hydroxyl groups is 1. The molecule has 0 bridgehead atoms. The molecule has 1 amide bonds. The van der Waals surface area contributed by atoms with Crippen LogP contribution < -0.4 is 15.8 Å². The maximum absolute atomic E-state index is 12.5. The van der Waals surface area contributed by atoms with E-state index in [9.17, 15) is 19.5 Å². The summed E-state index contributed by atoms with van der Waals surface area (Å²) >= 11 is 13.4. The van der Waals surface area contributed by atoms with Gasteiger partial charge in [-0.25, -0.2) is 19.9 Å². The molecular formula is C38H30Cl2N6O4S. The highest BCUT2D eigenvalue weighted by Crippen LogP contribution is 2.35. The van der Waals surface area contributed by atoms with Crippen LogP contribution in [0.2, 0.25) is 10.0 Å². The van der Waals surface area contributed by atoms with Gasteiger partial charge in [-0.15, -0.1) is 11.3 Å². The molecule has 0 aliphatic heterocycles. The summed E-state index contributed by atoms with van der Waals surface area (Å²) in [6.45, 7) is 3.89. The molecule has 2 aliphatic rings. The second kappa shape index (κ2) is 14.3. The Morgan fingerprint density at radius 1 is 0.980 bits per heavy atom. The second-order valence-electron chi connectivity index (χ2n) is 12.2. The highest BCUT2D eigenvalue weighted by molar-refractivity contribution is 7.16. The summed E-state index contributed by atoms with van der Waals surface area (Å²) in [5, 5.41) is 15.5. The Labute approximate surface area is 306 Å². The fourth-order valence-electron chi connectivity index (χ4n) is 6.42. The van der Waals surface area contributed by atoms with Gasteiger partial charge in [0.05, 0.1) is 28.3 Å². The predicted molar refractivity (Wildman–Crippen MR) is 199 cm³/mol. The Balaban J connectivity index is 0.000000165. The van der Waals surface area contributed by atoms with Gasteiger partial charge >= 0.3 is 0 Å². The minimum absolute atomic E-state index is 0.0368. The van der Waals surface area contributed by atoms with E-state index >= 15 is 0 Å². The van der Waals surface area contributed by atoms with Gasteiger partial charge in [-0.2, -0.15) is 0 Å². The number of carbonyl (C=O) groups excluding carboxylic acids is 3. The molecular weight excluding hydrogens is 707 g/mol. The van der Waals surface area contributed by atoms with E-state index in [0.717, 1.165) is 43.1 Å². The first kappa shape index (κ1) is 34.4. The number of nitrogens with zero attached hydrogens (tertiary/aromatic N) is 5. The monoisotopic (exact) mass is 736 g/mol. The van der Waals surface area contributed by atoms with Crippen molar-refractivity contribution < 1.29 is 19.5 Å². The molecule has 2 aliphatic carbocycles. The number of fused-ring (bicyclic) bond motifs is 6. The largest absolute Gasteiger partial charge is 0.396 e. The molecule has 6 aromatic rings. The summed E-state index contributed by atoms with van der Waals surface area (Å²) in [6.07, 6.45) is 8.69. The fourth-order valence-corrected chi connectivity index (χ4v) is 7.70. The number of hydrogen-bond acceptors (Lipinski definition) is 9. The number of anilines is 1. The van der Waals surface area contributed by atoms with E-state index < -0.39 is 0 Å². The summed E-state index contributed by atoms with van der Waals surface area (Å²) in [5.74, 6) is -0.189. The molecule has 0 saturated carbocycles. The average Bonchev–Trinajstić information content (AvgIpc) is 3.72. The maximum atomic E-state index is 12.5. The molecule has 2 atom stereocenters. The number of carbonyl (C=O) groups is 3. The highest BCUT2D eigenvalue weighted by Gasteiger charge is 2.27. The minimum atomic E-state index is -0.266. The van der Waals surface area contributed by atoms with Crippen molar-refractivity contribution in [3.63, 3.8) is 0 Å². The average molecular weight is 738 g/mol. The van der Waals surface area contributed by atoms with Crippen LogP contribution >= 0.6 is 34.5 Å². The molecule has 2 unspecified atom stereocenters. The molecule has 3 aromatic heterocycles. The van der Waals surface area contributed by atoms with Gasteiger partial charge in [0.1, 0.15) is 24.2 Å². The predicted octanol–water partition coefficient (Wildman–Crippen LogP) is 5.86. The number of nitrogens with one attached hydrogen (secondary N) is 1. The number of aromatic nitrogens is 5. The summed E-state index contributed by atoms with van der Waals surface area (Å²) in [4.78, 5) is 54.7. The summed E-state index contributed by atoms with van der Waals surface area (Å²) < 4.78 is 1.66. The van der Waals surface area contributed by atoms with Crippen LogP contribution in [0.5, 0.6) is 0 Å². The topological polar surface area (TPSA) is 140 Å². The van der Waals surface area contributed by atoms with Crippen LogP contribution in [-0.4, -0.2) is 53.7 Å². The van der Waals surface area contributed by atoms with Crippen molar-refractivity contribution in [2.75, 3.05) is 11.9 Å². The van der Waals surface area contributed by atoms with Crippen molar-refractivity contribution in [3.05, 3.63) is 110 Å². The molecule has 0 radical (unpaired) electrons. The van der Waals surface area contributed by atoms with Gasteiger partial charge in [-0.05, 0) is 45.3 Å². The Bertz CT molecular complexity index is 2490. The van der Waals surface area contributed by atoms with E-state index in [1.807, 2.05) is 56.3 Å². The van der Waals surface area contributed by atoms with Gasteiger partial charge in [0, 0.05) is 40.9 Å². The van der Waals surface area contributed by atoms with E-state index in [0.29, 0.717) is 38.5 Å². The van der Waals surface area contributed by atoms with Crippen LogP contribution in [-0.2, 0) is 22.6 Å². The number of rotatable bonds is 6. The molecule has 256 valence electrons. The smallest absolute Gasteiger partial charge is 0.246 e. The zero-order valence-corrected chi connectivity index (χ0v) is 29.8. The van der Waals surface area contributed by atoms with Crippen molar-refractivity contribution in [2.45, 2.75) is 32.7 Å². The molecule has 0 fully saturated rings. The van der Waals surface area contributed by atoms with E-state index in [2.05, 4.69) is 25.3 Å². The van der Waals surface area contributed by atoms with Gasteiger partial charge in [0.2, 0.25) is 5.91 Å². The Hall–Kier alpha value is -5.07. The van der Waals surface area contributed by atoms with Crippen molar-refractivity contribution in [3.8, 4) is 22.4 Å². The lowest BCUT2D eigenvalue weighted by Crippen LogP contribution is -2.40. The van der Waals surface area contributed by atoms with Crippen LogP contribution in [0.4, 0.5) is 5.13 Å². The standard InChI is InChI=1S/C20H16O2.C18H14Cl2N6O2S/c1-11-9-17-13(12(2)20(11)22)7-8-15-14-5-3-4-6-16(14)19(21)10-18(15)17;19-11-2-1-10(5-12(11)20)16-14(3-4-27)29-18(25-16)24-15(28)7-26-9-23-17-13(26)6-21-8-22-17/h3-12H,1-2H3;1-2,5-6,8-9,27H,3-4,7H2,(H,24,25,28). The molecule has 13 heteroatoms. The first-order chi connectivity index (χ1) is 24.6. The molecule has 8 rings (SSSR count). The second-order valence-corrected chi connectivity index (χ2v) is 14.1. The number of hydrogen-bond donors (Lipinski definition) is 2. The van der Waals surface area contributed by atoms with E-state index in [1.165, 1.54) is 17.7 Å². The van der Waals surface area contributed by atoms with Crippen LogP contribution in [0.3, 0.4) is 0 Å². The number of aliphatic hydroxyl groups excluding tert-OH is 1. The third-order valence-corrected chi connectivity index (χ3v) is 10.7. The van der Waals surface area contributed by atoms with Crippen LogP contribution in [0.25, 0.3) is 45.7 Å². The van der Waals surface area contributed by atoms with Gasteiger partial charge in [-0.3, -0.25) is 14.4 Å². The van der Waals surface area contributed by atoms with Gasteiger partial charge in [0.15, 0.2) is 16.6 Å². The molecule has 51 heavy (non-hydrogen) atoms. The molecule has 10 nitrogen and oxygen atoms in total. The highest BCUT2D eigenvalue weighted by atomic mass is 35.5. The van der Waals surface area contributed by atoms with E-state index in [-0.39, 0.29) is 42.5 Å². The van der Waals surface area contributed by atoms with Crippen molar-refractivity contribution in [2.24, 2.45) is 5.92 Å². The molecule has 3 heterocycles. The number of Topliss-reactive ketones (excluding diaryl/α,β-unsaturated/α-hetero) is 2. The number of imidazole rings is 1. The third-order valence-electron chi connectivity index (χ3n) is 8.93. The third kappa shape index (κ3) is 6.73. The van der Waals surface area contributed by atoms with Gasteiger partial charge in [0.25, 0.3) is 0 Å². The number of thiazole rings is 1. The Morgan fingerprint density at radius 3 is 2.57 bits per heavy atom. The quantitative estimate of drug-likeness (QED) is 0.217. The lowest BCUT2D eigenvalue weighted by atomic mass is 9.79. The zero-order chi connectivity index (χ0) is 35.8. The van der Waals surface area contributed by atoms with Crippen molar-refractivity contribution >= 4 is 80.5 Å². The molecule has 0 saturated heterocycles. The number of benzene rings is 3. The SMILES string of the molecule is CC1C=c2c(ccc3c2=CC(=O)c2ccccc2-3)C(C)C1=O.O=C(Cn1cnc2ncncc21)Nc1nc(-c2ccc(Cl)c(Cl)c2)c(CCO)s1. The van der Waals surface area contributed by atoms with Gasteiger partial charge in [-0.1, -0.05) is 85.6 Å². The zero-order valence-electron chi connectivity index (χ0n) is 27.4. The summed E-state index contributed by atoms with van der Waals surface area (Å²) in [6, 6.07) is 17.0.